The minimum atomic E-state index is -0.0960. The molecular formula is C24H27N3O3. The summed E-state index contributed by atoms with van der Waals surface area (Å²) >= 11 is 0. The number of benzene rings is 1. The van der Waals surface area contributed by atoms with Gasteiger partial charge in [-0.1, -0.05) is 13.0 Å². The molecule has 1 aromatic carbocycles. The van der Waals surface area contributed by atoms with Gasteiger partial charge < -0.3 is 9.47 Å². The number of hydrogen-bond donors (Lipinski definition) is 0. The van der Waals surface area contributed by atoms with Gasteiger partial charge in [-0.3, -0.25) is 14.1 Å². The van der Waals surface area contributed by atoms with Gasteiger partial charge in [0.2, 0.25) is 0 Å². The van der Waals surface area contributed by atoms with Gasteiger partial charge in [0, 0.05) is 30.9 Å². The average molecular weight is 405 g/mol. The predicted molar refractivity (Wildman–Crippen MR) is 119 cm³/mol. The summed E-state index contributed by atoms with van der Waals surface area (Å²) in [6.07, 6.45) is 5.18. The second-order valence-corrected chi connectivity index (χ2v) is 7.53. The van der Waals surface area contributed by atoms with Crippen molar-refractivity contribution in [3.63, 3.8) is 0 Å². The number of fused-ring (bicyclic) bond motifs is 1. The molecule has 30 heavy (non-hydrogen) atoms. The fourth-order valence-corrected chi connectivity index (χ4v) is 3.95. The Kier molecular flexibility index (Phi) is 5.59. The molecule has 6 heteroatoms. The van der Waals surface area contributed by atoms with Gasteiger partial charge in [-0.15, -0.1) is 0 Å². The first-order chi connectivity index (χ1) is 14.5. The maximum Gasteiger partial charge on any atom is 0.258 e. The Hall–Kier alpha value is -3.12. The van der Waals surface area contributed by atoms with E-state index >= 15 is 0 Å². The highest BCUT2D eigenvalue weighted by atomic mass is 16.5. The summed E-state index contributed by atoms with van der Waals surface area (Å²) in [5.41, 5.74) is 5.37. The lowest BCUT2D eigenvalue weighted by Gasteiger charge is -2.25. The normalized spacial score (nSPS) is 14.6. The molecule has 4 rings (SSSR count). The number of likely N-dealkylation sites (N-methyl/N-ethyl adjacent to an activating group) is 1. The van der Waals surface area contributed by atoms with Crippen LogP contribution < -0.4 is 15.0 Å². The van der Waals surface area contributed by atoms with Gasteiger partial charge in [0.25, 0.3) is 5.56 Å². The van der Waals surface area contributed by atoms with E-state index in [-0.39, 0.29) is 5.56 Å². The highest BCUT2D eigenvalue weighted by molar-refractivity contribution is 5.70. The monoisotopic (exact) mass is 405 g/mol. The summed E-state index contributed by atoms with van der Waals surface area (Å²) in [4.78, 5) is 20.2. The summed E-state index contributed by atoms with van der Waals surface area (Å²) in [5.74, 6) is 1.25. The van der Waals surface area contributed by atoms with E-state index in [4.69, 9.17) is 14.5 Å². The molecule has 2 aromatic heterocycles. The van der Waals surface area contributed by atoms with Gasteiger partial charge >= 0.3 is 0 Å². The zero-order chi connectivity index (χ0) is 21.3. The third-order valence-electron chi connectivity index (χ3n) is 5.74. The standard InChI is InChI=1S/C24H27N3O3/c1-5-26-10-8-17(9-11-26)19-12-16(2)24-25-20(14-23(28)27(24)15-19)18-6-7-21(29-3)22(13-18)30-4/h6-8,12-15H,5,9-11H2,1-4H3. The van der Waals surface area contributed by atoms with E-state index in [1.54, 1.807) is 24.7 Å². The number of hydrogen-bond acceptors (Lipinski definition) is 5. The Morgan fingerprint density at radius 2 is 1.87 bits per heavy atom. The molecule has 3 heterocycles. The van der Waals surface area contributed by atoms with Crippen LogP contribution in [0.3, 0.4) is 0 Å². The lowest BCUT2D eigenvalue weighted by atomic mass is 9.99. The van der Waals surface area contributed by atoms with Gasteiger partial charge in [-0.2, -0.15) is 0 Å². The van der Waals surface area contributed by atoms with E-state index < -0.39 is 0 Å². The van der Waals surface area contributed by atoms with Crippen LogP contribution >= 0.6 is 0 Å². The van der Waals surface area contributed by atoms with E-state index in [1.807, 2.05) is 31.3 Å². The summed E-state index contributed by atoms with van der Waals surface area (Å²) < 4.78 is 12.4. The van der Waals surface area contributed by atoms with Crippen molar-refractivity contribution in [3.05, 3.63) is 64.1 Å². The molecule has 0 aliphatic carbocycles. The molecule has 3 aromatic rings. The Morgan fingerprint density at radius 1 is 1.07 bits per heavy atom. The highest BCUT2D eigenvalue weighted by Crippen LogP contribution is 2.32. The second-order valence-electron chi connectivity index (χ2n) is 7.53. The molecule has 0 unspecified atom stereocenters. The Bertz CT molecular complexity index is 1180. The molecule has 0 saturated heterocycles. The number of aryl methyl sites for hydroxylation is 1. The van der Waals surface area contributed by atoms with Crippen molar-refractivity contribution in [2.24, 2.45) is 0 Å². The van der Waals surface area contributed by atoms with Crippen molar-refractivity contribution >= 4 is 11.2 Å². The van der Waals surface area contributed by atoms with Gasteiger partial charge in [-0.05, 0) is 60.9 Å². The third kappa shape index (κ3) is 3.71. The minimum Gasteiger partial charge on any atom is -0.493 e. The number of rotatable bonds is 5. The minimum absolute atomic E-state index is 0.0960. The van der Waals surface area contributed by atoms with Crippen LogP contribution in [0.2, 0.25) is 0 Å². The van der Waals surface area contributed by atoms with Gasteiger partial charge in [-0.25, -0.2) is 4.98 Å². The molecule has 0 atom stereocenters. The summed E-state index contributed by atoms with van der Waals surface area (Å²) in [5, 5.41) is 0. The topological polar surface area (TPSA) is 56.1 Å². The van der Waals surface area contributed by atoms with Crippen molar-refractivity contribution in [2.75, 3.05) is 33.9 Å². The lowest BCUT2D eigenvalue weighted by Crippen LogP contribution is -2.28. The fourth-order valence-electron chi connectivity index (χ4n) is 3.95. The van der Waals surface area contributed by atoms with E-state index in [9.17, 15) is 4.79 Å². The van der Waals surface area contributed by atoms with E-state index in [1.165, 1.54) is 5.57 Å². The Labute approximate surface area is 176 Å². The zero-order valence-corrected chi connectivity index (χ0v) is 17.9. The first-order valence-electron chi connectivity index (χ1n) is 10.2. The quantitative estimate of drug-likeness (QED) is 0.646. The molecule has 0 bridgehead atoms. The van der Waals surface area contributed by atoms with Crippen LogP contribution in [0.15, 0.2) is 47.4 Å². The number of methoxy groups -OCH3 is 2. The molecule has 0 amide bonds. The van der Waals surface area contributed by atoms with E-state index in [2.05, 4.69) is 24.0 Å². The largest absolute Gasteiger partial charge is 0.493 e. The molecular weight excluding hydrogens is 378 g/mol. The van der Waals surface area contributed by atoms with Crippen molar-refractivity contribution < 1.29 is 9.47 Å². The van der Waals surface area contributed by atoms with E-state index in [0.717, 1.165) is 42.7 Å². The molecule has 0 spiro atoms. The molecule has 156 valence electrons. The van der Waals surface area contributed by atoms with Gasteiger partial charge in [0.05, 0.1) is 19.9 Å². The molecule has 1 aliphatic rings. The highest BCUT2D eigenvalue weighted by Gasteiger charge is 2.15. The number of pyridine rings is 1. The summed E-state index contributed by atoms with van der Waals surface area (Å²) in [7, 11) is 3.19. The Morgan fingerprint density at radius 3 is 2.53 bits per heavy atom. The summed E-state index contributed by atoms with van der Waals surface area (Å²) in [6.45, 7) is 7.24. The van der Waals surface area contributed by atoms with Crippen LogP contribution in [0.5, 0.6) is 11.5 Å². The van der Waals surface area contributed by atoms with Crippen LogP contribution in [0.1, 0.15) is 24.5 Å². The maximum absolute atomic E-state index is 13.0. The zero-order valence-electron chi connectivity index (χ0n) is 17.9. The van der Waals surface area contributed by atoms with Crippen molar-refractivity contribution in [1.29, 1.82) is 0 Å². The van der Waals surface area contributed by atoms with Crippen molar-refractivity contribution in [1.82, 2.24) is 14.3 Å². The molecule has 0 saturated carbocycles. The number of aromatic nitrogens is 2. The second kappa shape index (κ2) is 8.32. The maximum atomic E-state index is 13.0. The van der Waals surface area contributed by atoms with Crippen LogP contribution in [-0.2, 0) is 0 Å². The van der Waals surface area contributed by atoms with Gasteiger partial charge in [0.15, 0.2) is 11.5 Å². The van der Waals surface area contributed by atoms with Gasteiger partial charge in [0.1, 0.15) is 5.65 Å². The summed E-state index contributed by atoms with van der Waals surface area (Å²) in [6, 6.07) is 9.25. The molecule has 0 N–H and O–H groups in total. The van der Waals surface area contributed by atoms with Crippen LogP contribution in [-0.4, -0.2) is 48.1 Å². The average Bonchev–Trinajstić information content (AvgIpc) is 2.79. The fraction of sp³-hybridized carbons (Fsp3) is 0.333. The number of nitrogens with zero attached hydrogens (tertiary/aromatic N) is 3. The Balaban J connectivity index is 1.78. The van der Waals surface area contributed by atoms with Crippen LogP contribution in [0.4, 0.5) is 0 Å². The smallest absolute Gasteiger partial charge is 0.258 e. The molecule has 0 radical (unpaired) electrons. The first kappa shape index (κ1) is 20.2. The number of ether oxygens (including phenoxy) is 2. The molecule has 6 nitrogen and oxygen atoms in total. The third-order valence-corrected chi connectivity index (χ3v) is 5.74. The van der Waals surface area contributed by atoms with Crippen LogP contribution in [0.25, 0.3) is 22.5 Å². The van der Waals surface area contributed by atoms with Crippen molar-refractivity contribution in [2.45, 2.75) is 20.3 Å². The predicted octanol–water partition coefficient (Wildman–Crippen LogP) is 3.80. The van der Waals surface area contributed by atoms with Crippen LogP contribution in [0, 0.1) is 6.92 Å². The first-order valence-corrected chi connectivity index (χ1v) is 10.2. The lowest BCUT2D eigenvalue weighted by molar-refractivity contribution is 0.318. The van der Waals surface area contributed by atoms with E-state index in [0.29, 0.717) is 22.8 Å². The molecule has 0 fully saturated rings. The SMILES string of the molecule is CCN1CC=C(c2cc(C)c3nc(-c4ccc(OC)c(OC)c4)cc(=O)n3c2)CC1. The molecule has 1 aliphatic heterocycles. The van der Waals surface area contributed by atoms with Crippen molar-refractivity contribution in [3.8, 4) is 22.8 Å².